The second-order valence-corrected chi connectivity index (χ2v) is 9.11. The van der Waals surface area contributed by atoms with Crippen molar-refractivity contribution < 1.29 is 4.79 Å². The van der Waals surface area contributed by atoms with E-state index < -0.39 is 0 Å². The summed E-state index contributed by atoms with van der Waals surface area (Å²) in [6.07, 6.45) is 1.02. The molecule has 0 aliphatic carbocycles. The van der Waals surface area contributed by atoms with E-state index in [-0.39, 0.29) is 11.9 Å². The maximum Gasteiger partial charge on any atom is 0.238 e. The summed E-state index contributed by atoms with van der Waals surface area (Å²) in [5.41, 5.74) is 2.25. The minimum atomic E-state index is 0.0457. The summed E-state index contributed by atoms with van der Waals surface area (Å²) in [6, 6.07) is 14.5. The van der Waals surface area contributed by atoms with Crippen molar-refractivity contribution in [1.29, 1.82) is 0 Å². The van der Waals surface area contributed by atoms with Gasteiger partial charge in [0.2, 0.25) is 5.91 Å². The average molecular weight is 480 g/mol. The third-order valence-corrected chi connectivity index (χ3v) is 7.23. The van der Waals surface area contributed by atoms with Crippen molar-refractivity contribution in [2.75, 3.05) is 18.4 Å². The summed E-state index contributed by atoms with van der Waals surface area (Å²) in [7, 11) is 0. The lowest BCUT2D eigenvalue weighted by molar-refractivity contribution is -0.117. The van der Waals surface area contributed by atoms with Crippen molar-refractivity contribution >= 4 is 56.9 Å². The van der Waals surface area contributed by atoms with Crippen LogP contribution in [-0.2, 0) is 11.2 Å². The predicted molar refractivity (Wildman–Crippen MR) is 114 cm³/mol. The lowest BCUT2D eigenvalue weighted by Crippen LogP contribution is -2.40. The topological polar surface area (TPSA) is 32.3 Å². The van der Waals surface area contributed by atoms with Crippen molar-refractivity contribution in [2.45, 2.75) is 12.5 Å². The largest absolute Gasteiger partial charge is 0.324 e. The number of halogens is 1. The molecule has 128 valence electrons. The van der Waals surface area contributed by atoms with Gasteiger partial charge in [0.15, 0.2) is 0 Å². The molecular formula is C19H17IN2OS2. The van der Waals surface area contributed by atoms with Crippen LogP contribution in [0.3, 0.4) is 0 Å². The van der Waals surface area contributed by atoms with Gasteiger partial charge in [-0.15, -0.1) is 22.7 Å². The van der Waals surface area contributed by atoms with Gasteiger partial charge >= 0.3 is 0 Å². The van der Waals surface area contributed by atoms with Gasteiger partial charge < -0.3 is 5.32 Å². The third kappa shape index (κ3) is 3.67. The van der Waals surface area contributed by atoms with Crippen LogP contribution >= 0.6 is 45.3 Å². The van der Waals surface area contributed by atoms with Crippen molar-refractivity contribution in [3.8, 4) is 0 Å². The van der Waals surface area contributed by atoms with Gasteiger partial charge in [0.05, 0.1) is 18.3 Å². The molecule has 6 heteroatoms. The van der Waals surface area contributed by atoms with Crippen LogP contribution in [0.1, 0.15) is 21.4 Å². The fourth-order valence-electron chi connectivity index (χ4n) is 3.26. The molecule has 0 spiro atoms. The summed E-state index contributed by atoms with van der Waals surface area (Å²) < 4.78 is 1.06. The van der Waals surface area contributed by atoms with Crippen LogP contribution < -0.4 is 5.32 Å². The zero-order valence-corrected chi connectivity index (χ0v) is 17.2. The Balaban J connectivity index is 1.55. The minimum Gasteiger partial charge on any atom is -0.324 e. The van der Waals surface area contributed by atoms with Crippen molar-refractivity contribution in [3.05, 3.63) is 72.1 Å². The monoisotopic (exact) mass is 480 g/mol. The van der Waals surface area contributed by atoms with Crippen LogP contribution in [-0.4, -0.2) is 23.9 Å². The molecule has 0 bridgehead atoms. The maximum absolute atomic E-state index is 12.6. The van der Waals surface area contributed by atoms with E-state index in [2.05, 4.69) is 61.8 Å². The molecule has 3 heterocycles. The number of carbonyl (C=O) groups is 1. The van der Waals surface area contributed by atoms with Gasteiger partial charge in [-0.3, -0.25) is 9.69 Å². The van der Waals surface area contributed by atoms with E-state index in [9.17, 15) is 4.79 Å². The first-order valence-corrected chi connectivity index (χ1v) is 10.9. The van der Waals surface area contributed by atoms with E-state index in [0.29, 0.717) is 6.54 Å². The quantitative estimate of drug-likeness (QED) is 0.534. The van der Waals surface area contributed by atoms with Crippen LogP contribution in [0.2, 0.25) is 0 Å². The Morgan fingerprint density at radius 3 is 2.84 bits per heavy atom. The maximum atomic E-state index is 12.6. The molecule has 0 saturated carbocycles. The standard InChI is InChI=1S/C19H17IN2OS2/c20-14-4-1-2-5-15(14)21-18(23)12-22-9-7-16-13(8-11-25-16)19(22)17-6-3-10-24-17/h1-6,8,10-11,19H,7,9,12H2,(H,21,23). The molecule has 0 saturated heterocycles. The Morgan fingerprint density at radius 1 is 1.16 bits per heavy atom. The lowest BCUT2D eigenvalue weighted by atomic mass is 9.98. The summed E-state index contributed by atoms with van der Waals surface area (Å²) in [5.74, 6) is 0.0457. The number of benzene rings is 1. The Bertz CT molecular complexity index is 875. The molecule has 1 aliphatic rings. The zero-order chi connectivity index (χ0) is 17.2. The van der Waals surface area contributed by atoms with Crippen molar-refractivity contribution in [2.24, 2.45) is 0 Å². The summed E-state index contributed by atoms with van der Waals surface area (Å²) in [5, 5.41) is 7.34. The molecule has 3 nitrogen and oxygen atoms in total. The second kappa shape index (κ2) is 7.57. The smallest absolute Gasteiger partial charge is 0.238 e. The first-order valence-electron chi connectivity index (χ1n) is 8.10. The summed E-state index contributed by atoms with van der Waals surface area (Å²) in [4.78, 5) is 17.7. The van der Waals surface area contributed by atoms with Crippen LogP contribution in [0.25, 0.3) is 0 Å². The Kier molecular flexibility index (Phi) is 5.21. The highest BCUT2D eigenvalue weighted by Crippen LogP contribution is 2.39. The number of nitrogens with one attached hydrogen (secondary N) is 1. The number of para-hydroxylation sites is 1. The second-order valence-electron chi connectivity index (χ2n) is 5.97. The highest BCUT2D eigenvalue weighted by Gasteiger charge is 2.31. The first kappa shape index (κ1) is 17.2. The summed E-state index contributed by atoms with van der Waals surface area (Å²) in [6.45, 7) is 1.32. The Labute approximate surface area is 168 Å². The molecule has 0 fully saturated rings. The number of carbonyl (C=O) groups excluding carboxylic acids is 1. The van der Waals surface area contributed by atoms with Crippen LogP contribution in [0.5, 0.6) is 0 Å². The van der Waals surface area contributed by atoms with Gasteiger partial charge in [0, 0.05) is 19.9 Å². The number of amides is 1. The molecule has 1 unspecified atom stereocenters. The summed E-state index contributed by atoms with van der Waals surface area (Å²) >= 11 is 5.84. The number of rotatable bonds is 4. The average Bonchev–Trinajstić information content (AvgIpc) is 3.28. The molecule has 1 amide bonds. The highest BCUT2D eigenvalue weighted by atomic mass is 127. The van der Waals surface area contributed by atoms with E-state index in [1.54, 1.807) is 11.3 Å². The SMILES string of the molecule is O=C(CN1CCc2sccc2C1c1cccs1)Nc1ccccc1I. The molecule has 0 radical (unpaired) electrons. The lowest BCUT2D eigenvalue weighted by Gasteiger charge is -2.34. The van der Waals surface area contributed by atoms with E-state index in [0.717, 1.165) is 22.2 Å². The van der Waals surface area contributed by atoms with Gasteiger partial charge in [0.25, 0.3) is 0 Å². The molecule has 1 aromatic carbocycles. The number of fused-ring (bicyclic) bond motifs is 1. The van der Waals surface area contributed by atoms with Crippen LogP contribution in [0.15, 0.2) is 53.2 Å². The normalized spacial score (nSPS) is 17.2. The molecule has 1 aliphatic heterocycles. The Morgan fingerprint density at radius 2 is 2.04 bits per heavy atom. The van der Waals surface area contributed by atoms with Crippen LogP contribution in [0, 0.1) is 3.57 Å². The van der Waals surface area contributed by atoms with E-state index in [1.165, 1.54) is 15.3 Å². The molecule has 1 N–H and O–H groups in total. The van der Waals surface area contributed by atoms with Crippen molar-refractivity contribution in [1.82, 2.24) is 4.90 Å². The van der Waals surface area contributed by atoms with Crippen molar-refractivity contribution in [3.63, 3.8) is 0 Å². The number of thiophene rings is 2. The molecule has 3 aromatic rings. The van der Waals surface area contributed by atoms with Gasteiger partial charge in [-0.1, -0.05) is 18.2 Å². The number of nitrogens with zero attached hydrogens (tertiary/aromatic N) is 1. The van der Waals surface area contributed by atoms with E-state index in [4.69, 9.17) is 0 Å². The minimum absolute atomic E-state index is 0.0457. The van der Waals surface area contributed by atoms with Gasteiger partial charge in [-0.2, -0.15) is 0 Å². The fourth-order valence-corrected chi connectivity index (χ4v) is 5.56. The first-order chi connectivity index (χ1) is 12.2. The number of hydrogen-bond donors (Lipinski definition) is 1. The van der Waals surface area contributed by atoms with E-state index >= 15 is 0 Å². The van der Waals surface area contributed by atoms with E-state index in [1.807, 2.05) is 35.6 Å². The zero-order valence-electron chi connectivity index (χ0n) is 13.4. The fraction of sp³-hybridized carbons (Fsp3) is 0.211. The number of hydrogen-bond acceptors (Lipinski definition) is 4. The molecular weight excluding hydrogens is 463 g/mol. The molecule has 2 aromatic heterocycles. The highest BCUT2D eigenvalue weighted by molar-refractivity contribution is 14.1. The third-order valence-electron chi connectivity index (χ3n) is 4.37. The molecule has 25 heavy (non-hydrogen) atoms. The van der Waals surface area contributed by atoms with Crippen LogP contribution in [0.4, 0.5) is 5.69 Å². The number of anilines is 1. The van der Waals surface area contributed by atoms with Gasteiger partial charge in [0.1, 0.15) is 0 Å². The predicted octanol–water partition coefficient (Wildman–Crippen LogP) is 5.00. The molecule has 4 rings (SSSR count). The van der Waals surface area contributed by atoms with Gasteiger partial charge in [-0.25, -0.2) is 0 Å². The van der Waals surface area contributed by atoms with Gasteiger partial charge in [-0.05, 0) is 69.6 Å². The Hall–Kier alpha value is -1.22. The molecule has 1 atom stereocenters.